The van der Waals surface area contributed by atoms with Gasteiger partial charge in [-0.2, -0.15) is 0 Å². The van der Waals surface area contributed by atoms with E-state index in [1.165, 1.54) is 0 Å². The van der Waals surface area contributed by atoms with Gasteiger partial charge in [-0.05, 0) is 37.0 Å². The Morgan fingerprint density at radius 2 is 2.00 bits per heavy atom. The first-order chi connectivity index (χ1) is 12.4. The number of nitrogens with one attached hydrogen (secondary N) is 1. The molecule has 1 aromatic rings. The average Bonchev–Trinajstić information content (AvgIpc) is 2.60. The minimum Gasteiger partial charge on any atom is -0.381 e. The zero-order valence-electron chi connectivity index (χ0n) is 15.3. The summed E-state index contributed by atoms with van der Waals surface area (Å²) in [7, 11) is -3.35. The number of hydrogen-bond acceptors (Lipinski definition) is 4. The number of benzene rings is 1. The number of hydrogen-bond donors (Lipinski definition) is 1. The van der Waals surface area contributed by atoms with Gasteiger partial charge in [-0.3, -0.25) is 4.79 Å². The second-order valence-electron chi connectivity index (χ2n) is 6.98. The molecule has 1 aromatic carbocycles. The Morgan fingerprint density at radius 3 is 2.65 bits per heavy atom. The van der Waals surface area contributed by atoms with Crippen molar-refractivity contribution in [3.63, 3.8) is 0 Å². The Kier molecular flexibility index (Phi) is 7.92. The minimum absolute atomic E-state index is 0.0710. The molecule has 146 valence electrons. The van der Waals surface area contributed by atoms with Crippen LogP contribution in [0.15, 0.2) is 24.3 Å². The van der Waals surface area contributed by atoms with Crippen LogP contribution in [0.2, 0.25) is 5.02 Å². The number of sulfone groups is 1. The number of amides is 1. The fourth-order valence-corrected chi connectivity index (χ4v) is 4.79. The van der Waals surface area contributed by atoms with Crippen molar-refractivity contribution in [3.05, 3.63) is 34.9 Å². The van der Waals surface area contributed by atoms with Crippen LogP contribution < -0.4 is 5.32 Å². The number of carbonyl (C=O) groups is 1. The van der Waals surface area contributed by atoms with Crippen molar-refractivity contribution in [2.45, 2.75) is 44.4 Å². The highest BCUT2D eigenvalue weighted by molar-refractivity contribution is 7.92. The number of rotatable bonds is 9. The fraction of sp³-hybridized carbons (Fsp3) is 0.632. The van der Waals surface area contributed by atoms with Gasteiger partial charge in [-0.15, -0.1) is 0 Å². The topological polar surface area (TPSA) is 72.5 Å². The smallest absolute Gasteiger partial charge is 0.235 e. The summed E-state index contributed by atoms with van der Waals surface area (Å²) in [5.74, 6) is -0.810. The standard InChI is InChI=1S/C19H28ClNO4S/c1-2-3-4-12-26(23,24)14-18(22)21-15-19(8-10-25-11-9-19)16-6-5-7-17(20)13-16/h5-7,13H,2-4,8-12,14-15H2,1H3,(H,21,22). The summed E-state index contributed by atoms with van der Waals surface area (Å²) < 4.78 is 29.6. The summed E-state index contributed by atoms with van der Waals surface area (Å²) >= 11 is 6.14. The van der Waals surface area contributed by atoms with Crippen molar-refractivity contribution >= 4 is 27.3 Å². The lowest BCUT2D eigenvalue weighted by molar-refractivity contribution is -0.119. The molecule has 1 N–H and O–H groups in total. The lowest BCUT2D eigenvalue weighted by atomic mass is 9.74. The summed E-state index contributed by atoms with van der Waals surface area (Å²) in [6.45, 7) is 3.62. The van der Waals surface area contributed by atoms with Crippen LogP contribution in [0.3, 0.4) is 0 Å². The van der Waals surface area contributed by atoms with Crippen molar-refractivity contribution in [1.29, 1.82) is 0 Å². The number of carbonyl (C=O) groups excluding carboxylic acids is 1. The predicted molar refractivity (Wildman–Crippen MR) is 104 cm³/mol. The molecule has 1 amide bonds. The molecule has 1 heterocycles. The van der Waals surface area contributed by atoms with Crippen LogP contribution in [-0.2, 0) is 24.8 Å². The molecule has 0 radical (unpaired) electrons. The molecule has 0 aliphatic carbocycles. The van der Waals surface area contributed by atoms with Crippen LogP contribution in [0, 0.1) is 0 Å². The zero-order valence-corrected chi connectivity index (χ0v) is 16.9. The maximum Gasteiger partial charge on any atom is 0.235 e. The van der Waals surface area contributed by atoms with Gasteiger partial charge in [0.05, 0.1) is 5.75 Å². The molecule has 7 heteroatoms. The van der Waals surface area contributed by atoms with Crippen molar-refractivity contribution in [3.8, 4) is 0 Å². The molecule has 1 saturated heterocycles. The molecule has 1 aliphatic heterocycles. The molecule has 0 saturated carbocycles. The van der Waals surface area contributed by atoms with Crippen LogP contribution in [0.25, 0.3) is 0 Å². The van der Waals surface area contributed by atoms with Crippen molar-refractivity contribution in [2.24, 2.45) is 0 Å². The van der Waals surface area contributed by atoms with E-state index >= 15 is 0 Å². The van der Waals surface area contributed by atoms with Crippen LogP contribution in [0.5, 0.6) is 0 Å². The van der Waals surface area contributed by atoms with Gasteiger partial charge in [0.25, 0.3) is 0 Å². The van der Waals surface area contributed by atoms with E-state index in [1.54, 1.807) is 0 Å². The number of halogens is 1. The van der Waals surface area contributed by atoms with Gasteiger partial charge in [-0.25, -0.2) is 8.42 Å². The Bertz CT molecular complexity index is 699. The van der Waals surface area contributed by atoms with Gasteiger partial charge in [-0.1, -0.05) is 43.5 Å². The second kappa shape index (κ2) is 9.72. The van der Waals surface area contributed by atoms with Crippen molar-refractivity contribution in [2.75, 3.05) is 31.3 Å². The molecular formula is C19H28ClNO4S. The van der Waals surface area contributed by atoms with Gasteiger partial charge in [0.1, 0.15) is 5.75 Å². The van der Waals surface area contributed by atoms with Gasteiger partial charge in [0.15, 0.2) is 9.84 Å². The molecule has 0 spiro atoms. The first-order valence-corrected chi connectivity index (χ1v) is 11.4. The molecule has 0 bridgehead atoms. The van der Waals surface area contributed by atoms with Gasteiger partial charge in [0, 0.05) is 30.2 Å². The first kappa shape index (κ1) is 21.2. The second-order valence-corrected chi connectivity index (χ2v) is 9.60. The molecule has 1 aliphatic rings. The summed E-state index contributed by atoms with van der Waals surface area (Å²) in [6.07, 6.45) is 3.94. The quantitative estimate of drug-likeness (QED) is 0.645. The van der Waals surface area contributed by atoms with Gasteiger partial charge < -0.3 is 10.1 Å². The van der Waals surface area contributed by atoms with E-state index in [9.17, 15) is 13.2 Å². The summed E-state index contributed by atoms with van der Waals surface area (Å²) in [4.78, 5) is 12.2. The number of ether oxygens (including phenoxy) is 1. The summed E-state index contributed by atoms with van der Waals surface area (Å²) in [6, 6.07) is 7.64. The third-order valence-electron chi connectivity index (χ3n) is 4.92. The highest BCUT2D eigenvalue weighted by Gasteiger charge is 2.35. The maximum absolute atomic E-state index is 12.2. The maximum atomic E-state index is 12.2. The Balaban J connectivity index is 2.00. The molecule has 0 atom stereocenters. The van der Waals surface area contributed by atoms with E-state index < -0.39 is 21.5 Å². The lowest BCUT2D eigenvalue weighted by Gasteiger charge is -2.38. The summed E-state index contributed by atoms with van der Waals surface area (Å²) in [5, 5.41) is 3.49. The van der Waals surface area contributed by atoms with Crippen LogP contribution in [0.1, 0.15) is 44.6 Å². The van der Waals surface area contributed by atoms with E-state index in [4.69, 9.17) is 16.3 Å². The van der Waals surface area contributed by atoms with E-state index in [0.717, 1.165) is 31.2 Å². The fourth-order valence-electron chi connectivity index (χ4n) is 3.31. The largest absolute Gasteiger partial charge is 0.381 e. The van der Waals surface area contributed by atoms with Crippen LogP contribution in [0.4, 0.5) is 0 Å². The van der Waals surface area contributed by atoms with Gasteiger partial charge >= 0.3 is 0 Å². The van der Waals surface area contributed by atoms with Crippen LogP contribution >= 0.6 is 11.6 Å². The highest BCUT2D eigenvalue weighted by atomic mass is 35.5. The monoisotopic (exact) mass is 401 g/mol. The van der Waals surface area contributed by atoms with Crippen molar-refractivity contribution in [1.82, 2.24) is 5.32 Å². The molecular weight excluding hydrogens is 374 g/mol. The van der Waals surface area contributed by atoms with E-state index in [2.05, 4.69) is 5.32 Å². The molecule has 0 aromatic heterocycles. The normalized spacial score (nSPS) is 17.0. The van der Waals surface area contributed by atoms with Gasteiger partial charge in [0.2, 0.25) is 5.91 Å². The van der Waals surface area contributed by atoms with Crippen LogP contribution in [-0.4, -0.2) is 45.6 Å². The Hall–Kier alpha value is -1.11. The molecule has 1 fully saturated rings. The molecule has 5 nitrogen and oxygen atoms in total. The van der Waals surface area contributed by atoms with E-state index in [-0.39, 0.29) is 11.2 Å². The summed E-state index contributed by atoms with van der Waals surface area (Å²) in [5.41, 5.74) is 0.782. The lowest BCUT2D eigenvalue weighted by Crippen LogP contribution is -2.46. The van der Waals surface area contributed by atoms with E-state index in [0.29, 0.717) is 31.2 Å². The zero-order chi connectivity index (χ0) is 19.0. The predicted octanol–water partition coefficient (Wildman–Crippen LogP) is 3.11. The molecule has 2 rings (SSSR count). The Morgan fingerprint density at radius 1 is 1.27 bits per heavy atom. The molecule has 0 unspecified atom stereocenters. The SMILES string of the molecule is CCCCCS(=O)(=O)CC(=O)NCC1(c2cccc(Cl)c2)CCOCC1. The van der Waals surface area contributed by atoms with Crippen molar-refractivity contribution < 1.29 is 17.9 Å². The molecule has 26 heavy (non-hydrogen) atoms. The number of unbranched alkanes of at least 4 members (excludes halogenated alkanes) is 2. The third kappa shape index (κ3) is 6.25. The Labute approximate surface area is 161 Å². The first-order valence-electron chi connectivity index (χ1n) is 9.18. The minimum atomic E-state index is -3.35. The highest BCUT2D eigenvalue weighted by Crippen LogP contribution is 2.35. The third-order valence-corrected chi connectivity index (χ3v) is 6.77. The van der Waals surface area contributed by atoms with E-state index in [1.807, 2.05) is 31.2 Å². The average molecular weight is 402 g/mol.